The van der Waals surface area contributed by atoms with Crippen molar-refractivity contribution in [3.8, 4) is 11.1 Å². The van der Waals surface area contributed by atoms with E-state index in [1.54, 1.807) is 5.56 Å². The van der Waals surface area contributed by atoms with Crippen molar-refractivity contribution in [1.29, 1.82) is 0 Å². The summed E-state index contributed by atoms with van der Waals surface area (Å²) < 4.78 is 0. The molecule has 0 amide bonds. The van der Waals surface area contributed by atoms with Gasteiger partial charge in [-0.15, -0.1) is 0 Å². The summed E-state index contributed by atoms with van der Waals surface area (Å²) in [4.78, 5) is 0. The van der Waals surface area contributed by atoms with E-state index >= 15 is 0 Å². The van der Waals surface area contributed by atoms with Crippen LogP contribution in [0.25, 0.3) is 21.9 Å². The van der Waals surface area contributed by atoms with Crippen LogP contribution in [-0.2, 0) is 19.3 Å². The van der Waals surface area contributed by atoms with Crippen LogP contribution in [0.2, 0.25) is 0 Å². The number of benzene rings is 4. The Bertz CT molecular complexity index is 1160. The minimum Gasteiger partial charge on any atom is -0.0619 e. The van der Waals surface area contributed by atoms with Crippen molar-refractivity contribution >= 4 is 10.8 Å². The quantitative estimate of drug-likeness (QED) is 0.327. The fraction of sp³-hybridized carbons (Fsp3) is 0.120. The molecule has 25 heavy (non-hydrogen) atoms. The van der Waals surface area contributed by atoms with Crippen LogP contribution in [0.1, 0.15) is 33.4 Å². The summed E-state index contributed by atoms with van der Waals surface area (Å²) in [5.74, 6) is 0. The van der Waals surface area contributed by atoms with E-state index in [0.29, 0.717) is 0 Å². The maximum Gasteiger partial charge on any atom is -0.00133 e. The molecule has 0 bridgehead atoms. The summed E-state index contributed by atoms with van der Waals surface area (Å²) in [7, 11) is 0. The molecule has 4 aromatic rings. The highest BCUT2D eigenvalue weighted by Crippen LogP contribution is 2.43. The van der Waals surface area contributed by atoms with E-state index in [1.165, 1.54) is 49.7 Å². The van der Waals surface area contributed by atoms with Gasteiger partial charge in [0.1, 0.15) is 0 Å². The Morgan fingerprint density at radius 3 is 1.96 bits per heavy atom. The minimum absolute atomic E-state index is 1.06. The summed E-state index contributed by atoms with van der Waals surface area (Å²) in [5.41, 5.74) is 12.0. The summed E-state index contributed by atoms with van der Waals surface area (Å²) in [5, 5.41) is 2.72. The van der Waals surface area contributed by atoms with Crippen LogP contribution >= 0.6 is 0 Å². The first-order valence-corrected chi connectivity index (χ1v) is 9.09. The van der Waals surface area contributed by atoms with Crippen molar-refractivity contribution in [1.82, 2.24) is 0 Å². The molecule has 0 nitrogen and oxygen atoms in total. The molecule has 6 rings (SSSR count). The Morgan fingerprint density at radius 1 is 0.480 bits per heavy atom. The first kappa shape index (κ1) is 13.4. The maximum atomic E-state index is 2.41. The molecule has 0 saturated carbocycles. The molecule has 0 atom stereocenters. The van der Waals surface area contributed by atoms with E-state index in [9.17, 15) is 0 Å². The van der Waals surface area contributed by atoms with Crippen molar-refractivity contribution in [3.63, 3.8) is 0 Å². The Hall–Kier alpha value is -2.86. The zero-order chi connectivity index (χ0) is 16.4. The van der Waals surface area contributed by atoms with Gasteiger partial charge in [-0.2, -0.15) is 0 Å². The van der Waals surface area contributed by atoms with Gasteiger partial charge in [-0.3, -0.25) is 0 Å². The average Bonchev–Trinajstić information content (AvgIpc) is 3.04. The first-order chi connectivity index (χ1) is 12.4. The van der Waals surface area contributed by atoms with Gasteiger partial charge in [-0.1, -0.05) is 72.8 Å². The van der Waals surface area contributed by atoms with E-state index < -0.39 is 0 Å². The normalized spacial score (nSPS) is 13.9. The lowest BCUT2D eigenvalue weighted by atomic mass is 9.81. The molecular weight excluding hydrogens is 300 g/mol. The molecular formula is C25H18. The van der Waals surface area contributed by atoms with Gasteiger partial charge in [0.2, 0.25) is 0 Å². The molecule has 0 aromatic heterocycles. The second-order valence-electron chi connectivity index (χ2n) is 7.39. The average molecular weight is 318 g/mol. The van der Waals surface area contributed by atoms with Gasteiger partial charge in [0.05, 0.1) is 0 Å². The van der Waals surface area contributed by atoms with Gasteiger partial charge in [-0.05, 0) is 74.5 Å². The molecule has 2 aliphatic carbocycles. The Balaban J connectivity index is 1.57. The lowest BCUT2D eigenvalue weighted by Gasteiger charge is -2.23. The zero-order valence-corrected chi connectivity index (χ0v) is 14.0. The highest BCUT2D eigenvalue weighted by molar-refractivity contribution is 5.86. The smallest absolute Gasteiger partial charge is 0.00133 e. The van der Waals surface area contributed by atoms with Crippen LogP contribution in [0.5, 0.6) is 0 Å². The molecule has 4 aromatic carbocycles. The lowest BCUT2D eigenvalue weighted by Crippen LogP contribution is -2.09. The van der Waals surface area contributed by atoms with Gasteiger partial charge in [0.15, 0.2) is 0 Å². The van der Waals surface area contributed by atoms with Crippen molar-refractivity contribution in [2.45, 2.75) is 19.3 Å². The number of hydrogen-bond acceptors (Lipinski definition) is 0. The van der Waals surface area contributed by atoms with E-state index in [0.717, 1.165) is 19.3 Å². The third kappa shape index (κ3) is 1.88. The molecule has 0 spiro atoms. The van der Waals surface area contributed by atoms with Crippen LogP contribution < -0.4 is 0 Å². The van der Waals surface area contributed by atoms with E-state index in [2.05, 4.69) is 72.8 Å². The number of hydrogen-bond donors (Lipinski definition) is 0. The third-order valence-corrected chi connectivity index (χ3v) is 5.98. The predicted octanol–water partition coefficient (Wildman–Crippen LogP) is 5.91. The van der Waals surface area contributed by atoms with Crippen molar-refractivity contribution in [2.24, 2.45) is 0 Å². The topological polar surface area (TPSA) is 0 Å². The Kier molecular flexibility index (Phi) is 2.59. The van der Waals surface area contributed by atoms with Crippen LogP contribution in [0, 0.1) is 0 Å². The van der Waals surface area contributed by atoms with Crippen molar-refractivity contribution in [2.75, 3.05) is 0 Å². The van der Waals surface area contributed by atoms with Crippen LogP contribution in [0.4, 0.5) is 0 Å². The van der Waals surface area contributed by atoms with Crippen molar-refractivity contribution < 1.29 is 0 Å². The van der Waals surface area contributed by atoms with Gasteiger partial charge >= 0.3 is 0 Å². The van der Waals surface area contributed by atoms with Gasteiger partial charge < -0.3 is 0 Å². The molecule has 118 valence electrons. The van der Waals surface area contributed by atoms with Crippen molar-refractivity contribution in [3.05, 3.63) is 106 Å². The molecule has 2 aliphatic rings. The summed E-state index contributed by atoms with van der Waals surface area (Å²) in [6, 6.07) is 27.2. The van der Waals surface area contributed by atoms with Crippen LogP contribution in [0.15, 0.2) is 72.8 Å². The Morgan fingerprint density at radius 2 is 1.12 bits per heavy atom. The zero-order valence-electron chi connectivity index (χ0n) is 14.0. The highest BCUT2D eigenvalue weighted by atomic mass is 14.3. The first-order valence-electron chi connectivity index (χ1n) is 9.09. The fourth-order valence-electron chi connectivity index (χ4n) is 4.77. The molecule has 0 unspecified atom stereocenters. The van der Waals surface area contributed by atoms with Crippen LogP contribution in [-0.4, -0.2) is 0 Å². The lowest BCUT2D eigenvalue weighted by molar-refractivity contribution is 1.01. The minimum atomic E-state index is 1.06. The summed E-state index contributed by atoms with van der Waals surface area (Å²) in [6.45, 7) is 0. The predicted molar refractivity (Wildman–Crippen MR) is 104 cm³/mol. The summed E-state index contributed by atoms with van der Waals surface area (Å²) >= 11 is 0. The molecule has 0 heteroatoms. The van der Waals surface area contributed by atoms with Gasteiger partial charge in [0, 0.05) is 0 Å². The molecule has 0 N–H and O–H groups in total. The standard InChI is InChI=1S/C25H18/c1-2-6-17-12-22-15-24-19(14-21(22)11-16(17)5-1)9-10-20-13-18-7-3-4-8-23(18)25(20)24/h1-12H,13-15H2. The molecule has 0 saturated heterocycles. The molecule has 0 fully saturated rings. The third-order valence-electron chi connectivity index (χ3n) is 5.98. The maximum absolute atomic E-state index is 2.41. The number of fused-ring (bicyclic) bond motifs is 7. The molecule has 0 radical (unpaired) electrons. The number of rotatable bonds is 0. The highest BCUT2D eigenvalue weighted by Gasteiger charge is 2.26. The summed E-state index contributed by atoms with van der Waals surface area (Å²) in [6.07, 6.45) is 3.21. The second-order valence-corrected chi connectivity index (χ2v) is 7.39. The van der Waals surface area contributed by atoms with Gasteiger partial charge in [-0.25, -0.2) is 0 Å². The van der Waals surface area contributed by atoms with E-state index in [1.807, 2.05) is 0 Å². The Labute approximate surface area is 147 Å². The van der Waals surface area contributed by atoms with Crippen LogP contribution in [0.3, 0.4) is 0 Å². The fourth-order valence-corrected chi connectivity index (χ4v) is 4.77. The largest absolute Gasteiger partial charge is 0.0619 e. The van der Waals surface area contributed by atoms with E-state index in [-0.39, 0.29) is 0 Å². The molecule has 0 aliphatic heterocycles. The molecule has 0 heterocycles. The van der Waals surface area contributed by atoms with Gasteiger partial charge in [0.25, 0.3) is 0 Å². The SMILES string of the molecule is c1ccc2c(c1)Cc1ccc3c(c1-2)Cc1cc2ccccc2cc1C3. The van der Waals surface area contributed by atoms with E-state index in [4.69, 9.17) is 0 Å². The second kappa shape index (κ2) is 4.83. The monoisotopic (exact) mass is 318 g/mol.